The molecule has 2 heterocycles. The van der Waals surface area contributed by atoms with E-state index in [1.54, 1.807) is 24.3 Å². The van der Waals surface area contributed by atoms with Crippen molar-refractivity contribution in [3.8, 4) is 11.4 Å². The van der Waals surface area contributed by atoms with Gasteiger partial charge in [0.25, 0.3) is 23.6 Å². The molecular weight excluding hydrogens is 825 g/mol. The van der Waals surface area contributed by atoms with Crippen molar-refractivity contribution in [2.24, 2.45) is 10.3 Å². The van der Waals surface area contributed by atoms with Gasteiger partial charge in [-0.05, 0) is 72.8 Å². The van der Waals surface area contributed by atoms with Crippen LogP contribution in [0.4, 0.5) is 0 Å². The molecule has 0 aliphatic rings. The smallest absolute Gasteiger partial charge is 0.251 e. The Balaban J connectivity index is 1.04. The predicted molar refractivity (Wildman–Crippen MR) is 216 cm³/mol. The summed E-state index contributed by atoms with van der Waals surface area (Å²) in [5, 5.41) is 21.0. The van der Waals surface area contributed by atoms with E-state index in [1.807, 2.05) is 0 Å². The van der Waals surface area contributed by atoms with E-state index < -0.39 is 20.0 Å². The molecule has 0 unspecified atom stereocenters. The predicted octanol–water partition coefficient (Wildman–Crippen LogP) is -0.176. The lowest BCUT2D eigenvalue weighted by molar-refractivity contribution is 0.0486. The molecule has 322 valence electrons. The third-order valence-electron chi connectivity index (χ3n) is 8.07. The van der Waals surface area contributed by atoms with Gasteiger partial charge in [0.1, 0.15) is 0 Å². The average molecular weight is 871 g/mol. The van der Waals surface area contributed by atoms with Gasteiger partial charge in [0.15, 0.2) is 0 Å². The van der Waals surface area contributed by atoms with E-state index in [-0.39, 0.29) is 124 Å². The molecule has 60 heavy (non-hydrogen) atoms. The van der Waals surface area contributed by atoms with Crippen LogP contribution >= 0.6 is 0 Å². The van der Waals surface area contributed by atoms with Crippen molar-refractivity contribution in [3.05, 3.63) is 107 Å². The van der Waals surface area contributed by atoms with Crippen LogP contribution in [-0.2, 0) is 39.0 Å². The van der Waals surface area contributed by atoms with Crippen LogP contribution in [0.2, 0.25) is 0 Å². The largest absolute Gasteiger partial charge is 0.377 e. The Bertz CT molecular complexity index is 2120. The van der Waals surface area contributed by atoms with Crippen LogP contribution in [-0.4, -0.2) is 129 Å². The maximum absolute atomic E-state index is 12.8. The summed E-state index contributed by atoms with van der Waals surface area (Å²) in [6.07, 6.45) is 2.94. The maximum atomic E-state index is 12.8. The zero-order valence-corrected chi connectivity index (χ0v) is 34.0. The van der Waals surface area contributed by atoms with Gasteiger partial charge in [-0.15, -0.1) is 0 Å². The number of ether oxygens (including phenoxy) is 4. The fraction of sp³-hybridized carbons (Fsp3) is 0.316. The minimum absolute atomic E-state index is 0.0881. The normalized spacial score (nSPS) is 11.4. The highest BCUT2D eigenvalue weighted by Gasteiger charge is 2.14. The number of carbonyl (C=O) groups excluding carboxylic acids is 4. The Hall–Kier alpha value is -5.72. The molecule has 0 saturated heterocycles. The van der Waals surface area contributed by atoms with E-state index in [0.717, 1.165) is 0 Å². The molecule has 20 nitrogen and oxygen atoms in total. The summed E-state index contributed by atoms with van der Waals surface area (Å²) in [6, 6.07) is 16.7. The van der Waals surface area contributed by atoms with Gasteiger partial charge in [0.05, 0.1) is 74.0 Å². The Morgan fingerprint density at radius 2 is 0.717 bits per heavy atom. The average Bonchev–Trinajstić information content (AvgIpc) is 3.24. The molecule has 0 radical (unpaired) electrons. The molecule has 2 aromatic heterocycles. The number of nitrogens with two attached hydrogens (primary N) is 2. The molecule has 0 spiro atoms. The molecule has 0 aliphatic carbocycles. The Kier molecular flexibility index (Phi) is 18.6. The van der Waals surface area contributed by atoms with Crippen molar-refractivity contribution in [2.75, 3.05) is 79.0 Å². The first-order valence-corrected chi connectivity index (χ1v) is 21.4. The first-order valence-electron chi connectivity index (χ1n) is 18.3. The number of amides is 4. The molecule has 4 rings (SSSR count). The standard InChI is InChI=1S/C38H46N8O12S2/c39-59(51,52)31-5-1-27(2-6-31)35(47)43-13-17-55-21-23-57-19-15-45-37(49)29-9-11-41-33(25-29)34-26-30(10-12-42-34)38(50)46-16-20-58-24-22-56-18-14-44-36(48)28-3-7-32(8-4-28)60(40,53)54/h1-12,25-26H,13-24H2,(H,43,47)(H,44,48)(H,45,49)(H,46,50)(H2,39,51,52)(H2,40,53,54). The molecule has 0 bridgehead atoms. The number of nitrogens with one attached hydrogen (secondary N) is 4. The van der Waals surface area contributed by atoms with Crippen LogP contribution in [0.15, 0.2) is 95.0 Å². The maximum Gasteiger partial charge on any atom is 0.251 e. The number of hydrogen-bond donors (Lipinski definition) is 6. The van der Waals surface area contributed by atoms with Crippen molar-refractivity contribution in [1.29, 1.82) is 0 Å². The van der Waals surface area contributed by atoms with Crippen LogP contribution in [0.25, 0.3) is 11.4 Å². The second-order valence-electron chi connectivity index (χ2n) is 12.5. The van der Waals surface area contributed by atoms with Crippen LogP contribution in [0, 0.1) is 0 Å². The zero-order valence-electron chi connectivity index (χ0n) is 32.3. The quantitative estimate of drug-likeness (QED) is 0.0472. The number of rotatable bonds is 25. The van der Waals surface area contributed by atoms with E-state index >= 15 is 0 Å². The van der Waals surface area contributed by atoms with Crippen LogP contribution < -0.4 is 31.5 Å². The summed E-state index contributed by atoms with van der Waals surface area (Å²) in [5.74, 6) is -1.49. The molecule has 0 atom stereocenters. The van der Waals surface area contributed by atoms with E-state index in [1.165, 1.54) is 60.9 Å². The fourth-order valence-electron chi connectivity index (χ4n) is 5.01. The third-order valence-corrected chi connectivity index (χ3v) is 9.93. The number of primary sulfonamides is 2. The summed E-state index contributed by atoms with van der Waals surface area (Å²) < 4.78 is 67.2. The van der Waals surface area contributed by atoms with Crippen molar-refractivity contribution in [2.45, 2.75) is 9.79 Å². The highest BCUT2D eigenvalue weighted by atomic mass is 32.2. The minimum Gasteiger partial charge on any atom is -0.377 e. The van der Waals surface area contributed by atoms with Gasteiger partial charge in [-0.2, -0.15) is 0 Å². The number of carbonyl (C=O) groups is 4. The van der Waals surface area contributed by atoms with Crippen molar-refractivity contribution in [3.63, 3.8) is 0 Å². The number of benzene rings is 2. The topological polar surface area (TPSA) is 299 Å². The lowest BCUT2D eigenvalue weighted by atomic mass is 10.1. The monoisotopic (exact) mass is 870 g/mol. The van der Waals surface area contributed by atoms with Crippen LogP contribution in [0.5, 0.6) is 0 Å². The molecule has 0 fully saturated rings. The third kappa shape index (κ3) is 16.1. The van der Waals surface area contributed by atoms with Gasteiger partial charge in [-0.1, -0.05) is 0 Å². The van der Waals surface area contributed by atoms with Gasteiger partial charge in [0.2, 0.25) is 20.0 Å². The van der Waals surface area contributed by atoms with Crippen molar-refractivity contribution < 1.29 is 55.0 Å². The van der Waals surface area contributed by atoms with Gasteiger partial charge >= 0.3 is 0 Å². The van der Waals surface area contributed by atoms with Gasteiger partial charge in [0, 0.05) is 60.8 Å². The first-order chi connectivity index (χ1) is 28.7. The van der Waals surface area contributed by atoms with E-state index in [0.29, 0.717) is 22.5 Å². The second kappa shape index (κ2) is 23.8. The molecule has 2 aromatic carbocycles. The van der Waals surface area contributed by atoms with Gasteiger partial charge in [-0.3, -0.25) is 29.1 Å². The molecule has 22 heteroatoms. The molecule has 0 saturated carbocycles. The molecule has 4 amide bonds. The number of hydrogen-bond acceptors (Lipinski definition) is 14. The zero-order chi connectivity index (χ0) is 43.4. The van der Waals surface area contributed by atoms with E-state index in [9.17, 15) is 36.0 Å². The van der Waals surface area contributed by atoms with Crippen LogP contribution in [0.3, 0.4) is 0 Å². The highest BCUT2D eigenvalue weighted by molar-refractivity contribution is 7.89. The number of sulfonamides is 2. The van der Waals surface area contributed by atoms with Gasteiger partial charge in [-0.25, -0.2) is 27.1 Å². The summed E-state index contributed by atoms with van der Waals surface area (Å²) in [4.78, 5) is 58.3. The lowest BCUT2D eigenvalue weighted by Crippen LogP contribution is -2.28. The number of pyridine rings is 2. The first kappa shape index (κ1) is 47.0. The number of aromatic nitrogens is 2. The molecule has 0 aliphatic heterocycles. The summed E-state index contributed by atoms with van der Waals surface area (Å²) in [6.45, 7) is 2.85. The Morgan fingerprint density at radius 3 is 1.00 bits per heavy atom. The molecule has 4 aromatic rings. The Morgan fingerprint density at radius 1 is 0.433 bits per heavy atom. The highest BCUT2D eigenvalue weighted by Crippen LogP contribution is 2.17. The van der Waals surface area contributed by atoms with Gasteiger partial charge < -0.3 is 40.2 Å². The second-order valence-corrected chi connectivity index (χ2v) is 15.6. The van der Waals surface area contributed by atoms with E-state index in [2.05, 4.69) is 31.2 Å². The van der Waals surface area contributed by atoms with Crippen LogP contribution in [0.1, 0.15) is 41.4 Å². The fourth-order valence-corrected chi connectivity index (χ4v) is 6.05. The number of nitrogens with zero attached hydrogens (tertiary/aromatic N) is 2. The summed E-state index contributed by atoms with van der Waals surface area (Å²) >= 11 is 0. The minimum atomic E-state index is -3.84. The molecular formula is C38H46N8O12S2. The lowest BCUT2D eigenvalue weighted by Gasteiger charge is -2.10. The summed E-state index contributed by atoms with van der Waals surface area (Å²) in [5.41, 5.74) is 2.02. The summed E-state index contributed by atoms with van der Waals surface area (Å²) in [7, 11) is -7.68. The SMILES string of the molecule is NS(=O)(=O)c1ccc(C(=O)NCCOCCOCCNC(=O)c2ccnc(-c3cc(C(=O)NCCOCCOCCNC(=O)c4ccc(S(N)(=O)=O)cc4)ccn3)c2)cc1. The molecule has 8 N–H and O–H groups in total. The van der Waals surface area contributed by atoms with Crippen molar-refractivity contribution in [1.82, 2.24) is 31.2 Å². The van der Waals surface area contributed by atoms with E-state index in [4.69, 9.17) is 29.2 Å². The van der Waals surface area contributed by atoms with Crippen molar-refractivity contribution >= 4 is 43.7 Å². The Labute approximate surface area is 346 Å².